The molecule has 2 aromatic rings. The molecule has 0 aromatic heterocycles. The molecule has 0 radical (unpaired) electrons. The molecular formula is C19H24ClN. The Morgan fingerprint density at radius 1 is 1.10 bits per heavy atom. The van der Waals surface area contributed by atoms with Crippen molar-refractivity contribution in [2.24, 2.45) is 5.73 Å². The fourth-order valence-corrected chi connectivity index (χ4v) is 2.68. The van der Waals surface area contributed by atoms with E-state index in [1.165, 1.54) is 5.56 Å². The van der Waals surface area contributed by atoms with E-state index in [0.717, 1.165) is 28.1 Å². The summed E-state index contributed by atoms with van der Waals surface area (Å²) >= 11 is 6.38. The van der Waals surface area contributed by atoms with Crippen molar-refractivity contribution in [2.75, 3.05) is 0 Å². The summed E-state index contributed by atoms with van der Waals surface area (Å²) in [5.41, 5.74) is 11.1. The number of rotatable bonds is 4. The van der Waals surface area contributed by atoms with E-state index in [0.29, 0.717) is 0 Å². The monoisotopic (exact) mass is 301 g/mol. The third-order valence-electron chi connectivity index (χ3n) is 4.49. The molecule has 21 heavy (non-hydrogen) atoms. The molecule has 0 heterocycles. The molecule has 0 amide bonds. The minimum absolute atomic E-state index is 0.184. The standard InChI is InChI=1S/C19H24ClN/c1-5-19(3,4)15-11-9-14(10-12-15)18(21)16-8-6-7-13(2)17(16)20/h6-12,18H,5,21H2,1-4H3. The highest BCUT2D eigenvalue weighted by Gasteiger charge is 2.19. The molecule has 0 bridgehead atoms. The first-order chi connectivity index (χ1) is 9.86. The second-order valence-electron chi connectivity index (χ2n) is 6.32. The van der Waals surface area contributed by atoms with Gasteiger partial charge in [0.05, 0.1) is 6.04 Å². The van der Waals surface area contributed by atoms with Crippen LogP contribution >= 0.6 is 11.6 Å². The lowest BCUT2D eigenvalue weighted by atomic mass is 9.81. The zero-order valence-corrected chi connectivity index (χ0v) is 14.0. The van der Waals surface area contributed by atoms with Gasteiger partial charge in [-0.1, -0.05) is 74.8 Å². The second kappa shape index (κ2) is 6.21. The van der Waals surface area contributed by atoms with Crippen molar-refractivity contribution >= 4 is 11.6 Å². The normalized spacial score (nSPS) is 13.2. The first-order valence-corrected chi connectivity index (χ1v) is 7.85. The van der Waals surface area contributed by atoms with Crippen LogP contribution in [0.15, 0.2) is 42.5 Å². The molecule has 0 aliphatic rings. The Hall–Kier alpha value is -1.31. The molecule has 2 rings (SSSR count). The fourth-order valence-electron chi connectivity index (χ4n) is 2.44. The van der Waals surface area contributed by atoms with Crippen LogP contribution in [0.3, 0.4) is 0 Å². The van der Waals surface area contributed by atoms with Crippen molar-refractivity contribution < 1.29 is 0 Å². The highest BCUT2D eigenvalue weighted by molar-refractivity contribution is 6.32. The Morgan fingerprint density at radius 3 is 2.29 bits per heavy atom. The Labute approximate surface area is 133 Å². The molecule has 1 nitrogen and oxygen atoms in total. The maximum absolute atomic E-state index is 6.39. The number of aryl methyl sites for hydroxylation is 1. The first-order valence-electron chi connectivity index (χ1n) is 7.48. The van der Waals surface area contributed by atoms with Gasteiger partial charge in [-0.15, -0.1) is 0 Å². The smallest absolute Gasteiger partial charge is 0.0566 e. The summed E-state index contributed by atoms with van der Waals surface area (Å²) in [5.74, 6) is 0. The molecule has 0 spiro atoms. The van der Waals surface area contributed by atoms with Crippen LogP contribution < -0.4 is 5.73 Å². The quantitative estimate of drug-likeness (QED) is 0.805. The molecule has 1 atom stereocenters. The predicted molar refractivity (Wildman–Crippen MR) is 92.0 cm³/mol. The van der Waals surface area contributed by atoms with Crippen molar-refractivity contribution in [2.45, 2.75) is 45.6 Å². The number of nitrogens with two attached hydrogens (primary N) is 1. The lowest BCUT2D eigenvalue weighted by molar-refractivity contribution is 0.506. The molecule has 2 heteroatoms. The number of hydrogen-bond acceptors (Lipinski definition) is 1. The molecule has 0 aliphatic heterocycles. The van der Waals surface area contributed by atoms with Gasteiger partial charge < -0.3 is 5.73 Å². The SMILES string of the molecule is CCC(C)(C)c1ccc(C(N)c2cccc(C)c2Cl)cc1. The van der Waals surface area contributed by atoms with E-state index in [1.54, 1.807) is 0 Å². The van der Waals surface area contributed by atoms with Gasteiger partial charge >= 0.3 is 0 Å². The molecule has 2 N–H and O–H groups in total. The minimum atomic E-state index is -0.184. The van der Waals surface area contributed by atoms with E-state index in [4.69, 9.17) is 17.3 Å². The van der Waals surface area contributed by atoms with Gasteiger partial charge in [0.15, 0.2) is 0 Å². The number of hydrogen-bond donors (Lipinski definition) is 1. The first kappa shape index (κ1) is 16.1. The molecule has 0 saturated carbocycles. The highest BCUT2D eigenvalue weighted by atomic mass is 35.5. The topological polar surface area (TPSA) is 26.0 Å². The van der Waals surface area contributed by atoms with E-state index in [9.17, 15) is 0 Å². The molecule has 1 unspecified atom stereocenters. The van der Waals surface area contributed by atoms with E-state index < -0.39 is 0 Å². The summed E-state index contributed by atoms with van der Waals surface area (Å²) in [6.07, 6.45) is 1.11. The van der Waals surface area contributed by atoms with Gasteiger partial charge in [0, 0.05) is 5.02 Å². The van der Waals surface area contributed by atoms with Crippen LogP contribution in [0.1, 0.15) is 55.5 Å². The fraction of sp³-hybridized carbons (Fsp3) is 0.368. The zero-order valence-electron chi connectivity index (χ0n) is 13.3. The maximum atomic E-state index is 6.39. The van der Waals surface area contributed by atoms with Gasteiger partial charge in [-0.2, -0.15) is 0 Å². The summed E-state index contributed by atoms with van der Waals surface area (Å²) in [6, 6.07) is 14.4. The van der Waals surface area contributed by atoms with Crippen molar-refractivity contribution in [3.05, 3.63) is 69.7 Å². The Kier molecular flexibility index (Phi) is 4.75. The van der Waals surface area contributed by atoms with Crippen molar-refractivity contribution in [1.82, 2.24) is 0 Å². The Balaban J connectivity index is 2.32. The van der Waals surface area contributed by atoms with Crippen LogP contribution in [0.4, 0.5) is 0 Å². The van der Waals surface area contributed by atoms with Gasteiger partial charge in [0.25, 0.3) is 0 Å². The molecular weight excluding hydrogens is 278 g/mol. The summed E-state index contributed by atoms with van der Waals surface area (Å²) in [4.78, 5) is 0. The lowest BCUT2D eigenvalue weighted by Crippen LogP contribution is -2.17. The van der Waals surface area contributed by atoms with Crippen molar-refractivity contribution in [3.63, 3.8) is 0 Å². The molecule has 0 fully saturated rings. The third kappa shape index (κ3) is 3.30. The lowest BCUT2D eigenvalue weighted by Gasteiger charge is -2.24. The summed E-state index contributed by atoms with van der Waals surface area (Å²) in [7, 11) is 0. The van der Waals surface area contributed by atoms with Gasteiger partial charge in [-0.05, 0) is 41.0 Å². The van der Waals surface area contributed by atoms with Gasteiger partial charge in [0.1, 0.15) is 0 Å². The van der Waals surface area contributed by atoms with Crippen molar-refractivity contribution in [3.8, 4) is 0 Å². The summed E-state index contributed by atoms with van der Waals surface area (Å²) < 4.78 is 0. The Bertz CT molecular complexity index is 614. The van der Waals surface area contributed by atoms with Crippen LogP contribution in [0, 0.1) is 6.92 Å². The number of benzene rings is 2. The Morgan fingerprint density at radius 2 is 1.71 bits per heavy atom. The minimum Gasteiger partial charge on any atom is -0.320 e. The summed E-state index contributed by atoms with van der Waals surface area (Å²) in [5, 5.41) is 0.767. The van der Waals surface area contributed by atoms with E-state index >= 15 is 0 Å². The van der Waals surface area contributed by atoms with Crippen LogP contribution in [-0.4, -0.2) is 0 Å². The highest BCUT2D eigenvalue weighted by Crippen LogP contribution is 2.31. The molecule has 0 saturated heterocycles. The molecule has 0 aliphatic carbocycles. The molecule has 2 aromatic carbocycles. The molecule has 112 valence electrons. The van der Waals surface area contributed by atoms with Crippen LogP contribution in [0.2, 0.25) is 5.02 Å². The zero-order chi connectivity index (χ0) is 15.6. The second-order valence-corrected chi connectivity index (χ2v) is 6.69. The largest absolute Gasteiger partial charge is 0.320 e. The van der Waals surface area contributed by atoms with Gasteiger partial charge in [-0.3, -0.25) is 0 Å². The van der Waals surface area contributed by atoms with Gasteiger partial charge in [-0.25, -0.2) is 0 Å². The van der Waals surface area contributed by atoms with E-state index in [-0.39, 0.29) is 11.5 Å². The average molecular weight is 302 g/mol. The van der Waals surface area contributed by atoms with E-state index in [1.807, 2.05) is 25.1 Å². The predicted octanol–water partition coefficient (Wildman–Crippen LogP) is 5.38. The van der Waals surface area contributed by atoms with Crippen LogP contribution in [0.25, 0.3) is 0 Å². The summed E-state index contributed by atoms with van der Waals surface area (Å²) in [6.45, 7) is 8.75. The van der Waals surface area contributed by atoms with Crippen LogP contribution in [0.5, 0.6) is 0 Å². The number of halogens is 1. The van der Waals surface area contributed by atoms with Gasteiger partial charge in [0.2, 0.25) is 0 Å². The third-order valence-corrected chi connectivity index (χ3v) is 5.01. The average Bonchev–Trinajstić information content (AvgIpc) is 2.49. The van der Waals surface area contributed by atoms with E-state index in [2.05, 4.69) is 45.0 Å². The maximum Gasteiger partial charge on any atom is 0.0566 e. The van der Waals surface area contributed by atoms with Crippen molar-refractivity contribution in [1.29, 1.82) is 0 Å². The van der Waals surface area contributed by atoms with Crippen LogP contribution in [-0.2, 0) is 5.41 Å².